The molecular formula is C18H30N4O. The van der Waals surface area contributed by atoms with Crippen molar-refractivity contribution in [3.63, 3.8) is 0 Å². The Hall–Kier alpha value is -1.75. The third-order valence-corrected chi connectivity index (χ3v) is 4.09. The van der Waals surface area contributed by atoms with Crippen LogP contribution in [0.4, 0.5) is 0 Å². The van der Waals surface area contributed by atoms with Gasteiger partial charge in [-0.2, -0.15) is 0 Å². The van der Waals surface area contributed by atoms with Gasteiger partial charge in [-0.05, 0) is 51.9 Å². The van der Waals surface area contributed by atoms with Gasteiger partial charge in [-0.3, -0.25) is 0 Å². The van der Waals surface area contributed by atoms with Gasteiger partial charge in [-0.1, -0.05) is 18.2 Å². The molecule has 1 saturated heterocycles. The van der Waals surface area contributed by atoms with Crippen molar-refractivity contribution in [3.05, 3.63) is 29.8 Å². The van der Waals surface area contributed by atoms with Crippen molar-refractivity contribution < 1.29 is 4.74 Å². The number of guanidine groups is 1. The molecule has 1 heterocycles. The average molecular weight is 318 g/mol. The number of nitrogens with zero attached hydrogens (tertiary/aromatic N) is 2. The number of rotatable bonds is 8. The van der Waals surface area contributed by atoms with Crippen LogP contribution in [0.1, 0.15) is 31.7 Å². The second kappa shape index (κ2) is 10.1. The Balaban J connectivity index is 1.79. The standard InChI is InChI=1S/C18H30N4O/c1-3-19-18(20-11-8-14-22-12-6-7-13-22)21-15-16-9-4-5-10-17(16)23-2/h4-5,9-10H,3,6-8,11-15H2,1-2H3,(H2,19,20,21). The summed E-state index contributed by atoms with van der Waals surface area (Å²) in [6, 6.07) is 8.03. The van der Waals surface area contributed by atoms with Crippen LogP contribution in [-0.4, -0.2) is 50.7 Å². The molecule has 1 aromatic rings. The van der Waals surface area contributed by atoms with Crippen molar-refractivity contribution in [1.82, 2.24) is 15.5 Å². The van der Waals surface area contributed by atoms with Crippen LogP contribution in [0.15, 0.2) is 29.3 Å². The van der Waals surface area contributed by atoms with E-state index in [-0.39, 0.29) is 0 Å². The van der Waals surface area contributed by atoms with Gasteiger partial charge in [-0.15, -0.1) is 0 Å². The number of likely N-dealkylation sites (tertiary alicyclic amines) is 1. The molecule has 2 rings (SSSR count). The minimum atomic E-state index is 0.617. The lowest BCUT2D eigenvalue weighted by molar-refractivity contribution is 0.334. The Morgan fingerprint density at radius 3 is 2.74 bits per heavy atom. The first-order valence-electron chi connectivity index (χ1n) is 8.70. The zero-order valence-electron chi connectivity index (χ0n) is 14.5. The summed E-state index contributed by atoms with van der Waals surface area (Å²) < 4.78 is 5.38. The first-order chi connectivity index (χ1) is 11.3. The number of methoxy groups -OCH3 is 1. The number of hydrogen-bond donors (Lipinski definition) is 2. The number of hydrogen-bond acceptors (Lipinski definition) is 3. The van der Waals surface area contributed by atoms with E-state index < -0.39 is 0 Å². The highest BCUT2D eigenvalue weighted by Gasteiger charge is 2.10. The van der Waals surface area contributed by atoms with Crippen LogP contribution in [0.3, 0.4) is 0 Å². The summed E-state index contributed by atoms with van der Waals surface area (Å²) in [5.41, 5.74) is 1.10. The zero-order chi connectivity index (χ0) is 16.3. The molecule has 0 aliphatic carbocycles. The van der Waals surface area contributed by atoms with Crippen molar-refractivity contribution in [2.24, 2.45) is 4.99 Å². The molecule has 0 aromatic heterocycles. The van der Waals surface area contributed by atoms with Gasteiger partial charge in [0, 0.05) is 18.7 Å². The molecule has 0 atom stereocenters. The quantitative estimate of drug-likeness (QED) is 0.438. The summed E-state index contributed by atoms with van der Waals surface area (Å²) in [4.78, 5) is 7.20. The molecule has 0 amide bonds. The molecule has 128 valence electrons. The Kier molecular flexibility index (Phi) is 7.73. The molecule has 2 N–H and O–H groups in total. The van der Waals surface area contributed by atoms with E-state index in [2.05, 4.69) is 33.5 Å². The first-order valence-corrected chi connectivity index (χ1v) is 8.70. The smallest absolute Gasteiger partial charge is 0.191 e. The second-order valence-corrected chi connectivity index (χ2v) is 5.84. The second-order valence-electron chi connectivity index (χ2n) is 5.84. The number of para-hydroxylation sites is 1. The average Bonchev–Trinajstić information content (AvgIpc) is 3.10. The van der Waals surface area contributed by atoms with Crippen molar-refractivity contribution in [1.29, 1.82) is 0 Å². The molecule has 1 aliphatic rings. The molecule has 0 radical (unpaired) electrons. The maximum Gasteiger partial charge on any atom is 0.191 e. The minimum absolute atomic E-state index is 0.617. The van der Waals surface area contributed by atoms with E-state index in [4.69, 9.17) is 4.74 Å². The van der Waals surface area contributed by atoms with E-state index in [9.17, 15) is 0 Å². The fourth-order valence-corrected chi connectivity index (χ4v) is 2.86. The Bertz CT molecular complexity index is 484. The number of ether oxygens (including phenoxy) is 1. The van der Waals surface area contributed by atoms with Gasteiger partial charge >= 0.3 is 0 Å². The van der Waals surface area contributed by atoms with Gasteiger partial charge in [0.15, 0.2) is 5.96 Å². The number of nitrogens with one attached hydrogen (secondary N) is 2. The van der Waals surface area contributed by atoms with E-state index >= 15 is 0 Å². The topological polar surface area (TPSA) is 48.9 Å². The predicted octanol–water partition coefficient (Wildman–Crippen LogP) is 2.24. The normalized spacial score (nSPS) is 15.7. The summed E-state index contributed by atoms with van der Waals surface area (Å²) in [5.74, 6) is 1.76. The summed E-state index contributed by atoms with van der Waals surface area (Å²) in [6.45, 7) is 8.23. The first kappa shape index (κ1) is 17.6. The van der Waals surface area contributed by atoms with Crippen LogP contribution in [0.25, 0.3) is 0 Å². The molecule has 0 bridgehead atoms. The lowest BCUT2D eigenvalue weighted by atomic mass is 10.2. The van der Waals surface area contributed by atoms with Crippen LogP contribution in [0.2, 0.25) is 0 Å². The van der Waals surface area contributed by atoms with Gasteiger partial charge in [-0.25, -0.2) is 4.99 Å². The van der Waals surface area contributed by atoms with E-state index in [1.54, 1.807) is 7.11 Å². The number of aliphatic imine (C=N–C) groups is 1. The zero-order valence-corrected chi connectivity index (χ0v) is 14.5. The molecule has 0 spiro atoms. The van der Waals surface area contributed by atoms with Gasteiger partial charge in [0.2, 0.25) is 0 Å². The van der Waals surface area contributed by atoms with Gasteiger partial charge < -0.3 is 20.3 Å². The Morgan fingerprint density at radius 2 is 2.00 bits per heavy atom. The third kappa shape index (κ3) is 6.10. The molecule has 1 aromatic carbocycles. The maximum absolute atomic E-state index is 5.38. The van der Waals surface area contributed by atoms with Gasteiger partial charge in [0.25, 0.3) is 0 Å². The Labute approximate surface area is 140 Å². The third-order valence-electron chi connectivity index (χ3n) is 4.09. The minimum Gasteiger partial charge on any atom is -0.496 e. The lowest BCUT2D eigenvalue weighted by Crippen LogP contribution is -2.38. The summed E-state index contributed by atoms with van der Waals surface area (Å²) >= 11 is 0. The number of benzene rings is 1. The molecular weight excluding hydrogens is 288 g/mol. The van der Waals surface area contributed by atoms with Gasteiger partial charge in [0.1, 0.15) is 5.75 Å². The predicted molar refractivity (Wildman–Crippen MR) is 96.1 cm³/mol. The van der Waals surface area contributed by atoms with Crippen molar-refractivity contribution >= 4 is 5.96 Å². The molecule has 1 fully saturated rings. The maximum atomic E-state index is 5.38. The largest absolute Gasteiger partial charge is 0.496 e. The molecule has 1 aliphatic heterocycles. The van der Waals surface area contributed by atoms with Crippen molar-refractivity contribution in [2.45, 2.75) is 32.7 Å². The fourth-order valence-electron chi connectivity index (χ4n) is 2.86. The van der Waals surface area contributed by atoms with Crippen molar-refractivity contribution in [2.75, 3.05) is 39.8 Å². The van der Waals surface area contributed by atoms with Crippen LogP contribution >= 0.6 is 0 Å². The van der Waals surface area contributed by atoms with E-state index in [0.717, 1.165) is 36.8 Å². The van der Waals surface area contributed by atoms with Crippen LogP contribution < -0.4 is 15.4 Å². The van der Waals surface area contributed by atoms with Crippen molar-refractivity contribution in [3.8, 4) is 5.75 Å². The summed E-state index contributed by atoms with van der Waals surface area (Å²) in [7, 11) is 1.70. The molecule has 0 unspecified atom stereocenters. The highest BCUT2D eigenvalue weighted by molar-refractivity contribution is 5.79. The Morgan fingerprint density at radius 1 is 1.22 bits per heavy atom. The molecule has 23 heavy (non-hydrogen) atoms. The monoisotopic (exact) mass is 318 g/mol. The van der Waals surface area contributed by atoms with E-state index in [1.165, 1.54) is 32.5 Å². The van der Waals surface area contributed by atoms with Crippen LogP contribution in [0.5, 0.6) is 5.75 Å². The summed E-state index contributed by atoms with van der Waals surface area (Å²) in [5, 5.41) is 6.73. The molecule has 5 heteroatoms. The van der Waals surface area contributed by atoms with Gasteiger partial charge in [0.05, 0.1) is 13.7 Å². The summed E-state index contributed by atoms with van der Waals surface area (Å²) in [6.07, 6.45) is 3.87. The fraction of sp³-hybridized carbons (Fsp3) is 0.611. The van der Waals surface area contributed by atoms with Crippen LogP contribution in [0, 0.1) is 0 Å². The highest BCUT2D eigenvalue weighted by atomic mass is 16.5. The lowest BCUT2D eigenvalue weighted by Gasteiger charge is -2.16. The molecule has 0 saturated carbocycles. The van der Waals surface area contributed by atoms with E-state index in [0.29, 0.717) is 6.54 Å². The molecule has 5 nitrogen and oxygen atoms in total. The highest BCUT2D eigenvalue weighted by Crippen LogP contribution is 2.17. The van der Waals surface area contributed by atoms with Crippen LogP contribution in [-0.2, 0) is 6.54 Å². The van der Waals surface area contributed by atoms with E-state index in [1.807, 2.05) is 18.2 Å². The SMILES string of the molecule is CCNC(=NCc1ccccc1OC)NCCCN1CCCC1.